The fourth-order valence-corrected chi connectivity index (χ4v) is 3.01. The molecule has 0 aliphatic carbocycles. The highest BCUT2D eigenvalue weighted by Gasteiger charge is 2.19. The normalized spacial score (nSPS) is 19.7. The van der Waals surface area contributed by atoms with Gasteiger partial charge in [-0.25, -0.2) is 0 Å². The minimum Gasteiger partial charge on any atom is -0.486 e. The fourth-order valence-electron chi connectivity index (χ4n) is 3.01. The molecule has 0 atom stereocenters. The van der Waals surface area contributed by atoms with Crippen LogP contribution >= 0.6 is 0 Å². The first-order valence-corrected chi connectivity index (χ1v) is 7.89. The van der Waals surface area contributed by atoms with E-state index in [1.807, 2.05) is 12.1 Å². The van der Waals surface area contributed by atoms with Crippen molar-refractivity contribution >= 4 is 5.69 Å². The standard InChI is InChI=1S/C16H25N3O2/c1-2-3-18-4-6-19(7-5-18)12-13-10-15-16(11-14(13)17)21-9-8-20-15/h10-11H,2-9,12,17H2,1H3. The zero-order valence-electron chi connectivity index (χ0n) is 12.8. The Balaban J connectivity index is 1.63. The van der Waals surface area contributed by atoms with E-state index in [-0.39, 0.29) is 0 Å². The van der Waals surface area contributed by atoms with Crippen LogP contribution in [0.25, 0.3) is 0 Å². The number of hydrogen-bond acceptors (Lipinski definition) is 5. The van der Waals surface area contributed by atoms with Crippen molar-refractivity contribution in [3.05, 3.63) is 17.7 Å². The van der Waals surface area contributed by atoms with Crippen molar-refractivity contribution in [2.45, 2.75) is 19.9 Å². The molecular formula is C16H25N3O2. The lowest BCUT2D eigenvalue weighted by molar-refractivity contribution is 0.127. The van der Waals surface area contributed by atoms with Crippen LogP contribution < -0.4 is 15.2 Å². The second kappa shape index (κ2) is 6.54. The molecule has 3 rings (SSSR count). The van der Waals surface area contributed by atoms with Gasteiger partial charge in [-0.2, -0.15) is 0 Å². The van der Waals surface area contributed by atoms with Gasteiger partial charge in [-0.1, -0.05) is 6.92 Å². The van der Waals surface area contributed by atoms with Crippen molar-refractivity contribution in [1.29, 1.82) is 0 Å². The van der Waals surface area contributed by atoms with E-state index in [0.717, 1.165) is 55.5 Å². The van der Waals surface area contributed by atoms with Gasteiger partial charge in [-0.15, -0.1) is 0 Å². The molecule has 1 fully saturated rings. The number of nitrogen functional groups attached to an aromatic ring is 1. The summed E-state index contributed by atoms with van der Waals surface area (Å²) in [6, 6.07) is 3.94. The predicted molar refractivity (Wildman–Crippen MR) is 83.9 cm³/mol. The summed E-state index contributed by atoms with van der Waals surface area (Å²) in [4.78, 5) is 5.00. The Morgan fingerprint density at radius 2 is 1.62 bits per heavy atom. The van der Waals surface area contributed by atoms with Gasteiger partial charge in [0.1, 0.15) is 13.2 Å². The van der Waals surface area contributed by atoms with Crippen molar-refractivity contribution < 1.29 is 9.47 Å². The van der Waals surface area contributed by atoms with Crippen LogP contribution in [-0.4, -0.2) is 55.7 Å². The summed E-state index contributed by atoms with van der Waals surface area (Å²) in [5.41, 5.74) is 8.11. The number of hydrogen-bond donors (Lipinski definition) is 1. The zero-order valence-corrected chi connectivity index (χ0v) is 12.8. The Morgan fingerprint density at radius 1 is 1.00 bits per heavy atom. The van der Waals surface area contributed by atoms with Crippen molar-refractivity contribution in [3.63, 3.8) is 0 Å². The number of fused-ring (bicyclic) bond motifs is 1. The molecule has 0 saturated carbocycles. The molecule has 1 aromatic rings. The highest BCUT2D eigenvalue weighted by Crippen LogP contribution is 2.34. The zero-order chi connectivity index (χ0) is 14.7. The molecule has 0 radical (unpaired) electrons. The lowest BCUT2D eigenvalue weighted by Crippen LogP contribution is -2.46. The third-order valence-electron chi connectivity index (χ3n) is 4.20. The molecule has 2 N–H and O–H groups in total. The van der Waals surface area contributed by atoms with Crippen LogP contribution in [0.4, 0.5) is 5.69 Å². The average molecular weight is 291 g/mol. The molecule has 1 saturated heterocycles. The first kappa shape index (κ1) is 14.5. The smallest absolute Gasteiger partial charge is 0.163 e. The Morgan fingerprint density at radius 3 is 2.29 bits per heavy atom. The molecule has 1 aromatic carbocycles. The van der Waals surface area contributed by atoms with Gasteiger partial charge in [0.05, 0.1) is 0 Å². The van der Waals surface area contributed by atoms with Gasteiger partial charge in [0.2, 0.25) is 0 Å². The largest absolute Gasteiger partial charge is 0.486 e. The molecule has 0 spiro atoms. The molecule has 21 heavy (non-hydrogen) atoms. The number of rotatable bonds is 4. The molecule has 0 aromatic heterocycles. The molecule has 2 aliphatic heterocycles. The number of nitrogens with two attached hydrogens (primary N) is 1. The van der Waals surface area contributed by atoms with Gasteiger partial charge in [0.25, 0.3) is 0 Å². The van der Waals surface area contributed by atoms with Crippen LogP contribution in [0.5, 0.6) is 11.5 Å². The Hall–Kier alpha value is -1.46. The fraction of sp³-hybridized carbons (Fsp3) is 0.625. The summed E-state index contributed by atoms with van der Waals surface area (Å²) < 4.78 is 11.2. The van der Waals surface area contributed by atoms with Crippen molar-refractivity contribution in [1.82, 2.24) is 9.80 Å². The first-order valence-electron chi connectivity index (χ1n) is 7.89. The summed E-state index contributed by atoms with van der Waals surface area (Å²) in [5, 5.41) is 0. The monoisotopic (exact) mass is 291 g/mol. The molecule has 0 amide bonds. The SMILES string of the molecule is CCCN1CCN(Cc2cc3c(cc2N)OCCO3)CC1. The van der Waals surface area contributed by atoms with Gasteiger partial charge in [-0.05, 0) is 24.6 Å². The summed E-state index contributed by atoms with van der Waals surface area (Å²) >= 11 is 0. The molecule has 5 nitrogen and oxygen atoms in total. The Labute approximate surface area is 126 Å². The van der Waals surface area contributed by atoms with Crippen LogP contribution in [0.3, 0.4) is 0 Å². The van der Waals surface area contributed by atoms with E-state index in [0.29, 0.717) is 13.2 Å². The maximum Gasteiger partial charge on any atom is 0.163 e. The minimum atomic E-state index is 0.602. The summed E-state index contributed by atoms with van der Waals surface area (Å²) in [6.07, 6.45) is 1.23. The first-order chi connectivity index (χ1) is 10.3. The minimum absolute atomic E-state index is 0.602. The van der Waals surface area contributed by atoms with Crippen LogP contribution in [0.1, 0.15) is 18.9 Å². The van der Waals surface area contributed by atoms with Crippen molar-refractivity contribution in [3.8, 4) is 11.5 Å². The summed E-state index contributed by atoms with van der Waals surface area (Å²) in [6.45, 7) is 10.1. The lowest BCUT2D eigenvalue weighted by Gasteiger charge is -2.34. The summed E-state index contributed by atoms with van der Waals surface area (Å²) in [5.74, 6) is 1.60. The van der Waals surface area contributed by atoms with Crippen LogP contribution in [-0.2, 0) is 6.54 Å². The quantitative estimate of drug-likeness (QED) is 0.853. The Kier molecular flexibility index (Phi) is 4.51. The lowest BCUT2D eigenvalue weighted by atomic mass is 10.1. The number of anilines is 1. The van der Waals surface area contributed by atoms with Crippen LogP contribution in [0.15, 0.2) is 12.1 Å². The third kappa shape index (κ3) is 3.41. The molecular weight excluding hydrogens is 266 g/mol. The van der Waals surface area contributed by atoms with E-state index in [9.17, 15) is 0 Å². The Bertz CT molecular complexity index is 485. The second-order valence-electron chi connectivity index (χ2n) is 5.81. The topological polar surface area (TPSA) is 51.0 Å². The second-order valence-corrected chi connectivity index (χ2v) is 5.81. The van der Waals surface area contributed by atoms with Crippen molar-refractivity contribution in [2.75, 3.05) is 51.7 Å². The molecule has 2 heterocycles. The van der Waals surface area contributed by atoms with Gasteiger partial charge < -0.3 is 20.1 Å². The average Bonchev–Trinajstić information content (AvgIpc) is 2.50. The van der Waals surface area contributed by atoms with E-state index in [1.54, 1.807) is 0 Å². The van der Waals surface area contributed by atoms with E-state index in [2.05, 4.69) is 16.7 Å². The van der Waals surface area contributed by atoms with Gasteiger partial charge in [0.15, 0.2) is 11.5 Å². The summed E-state index contributed by atoms with van der Waals surface area (Å²) in [7, 11) is 0. The third-order valence-corrected chi connectivity index (χ3v) is 4.20. The highest BCUT2D eigenvalue weighted by molar-refractivity contribution is 5.58. The van der Waals surface area contributed by atoms with Crippen LogP contribution in [0, 0.1) is 0 Å². The van der Waals surface area contributed by atoms with Gasteiger partial charge in [-0.3, -0.25) is 4.90 Å². The number of piperazine rings is 1. The molecule has 116 valence electrons. The maximum absolute atomic E-state index is 6.16. The molecule has 0 bridgehead atoms. The van der Waals surface area contributed by atoms with E-state index < -0.39 is 0 Å². The highest BCUT2D eigenvalue weighted by atomic mass is 16.6. The van der Waals surface area contributed by atoms with E-state index >= 15 is 0 Å². The van der Waals surface area contributed by atoms with Crippen molar-refractivity contribution in [2.24, 2.45) is 0 Å². The molecule has 5 heteroatoms. The van der Waals surface area contributed by atoms with Gasteiger partial charge in [0, 0.05) is 44.5 Å². The van der Waals surface area contributed by atoms with E-state index in [4.69, 9.17) is 15.2 Å². The molecule has 2 aliphatic rings. The van der Waals surface area contributed by atoms with E-state index in [1.165, 1.54) is 13.0 Å². The number of ether oxygens (including phenoxy) is 2. The van der Waals surface area contributed by atoms with Crippen LogP contribution in [0.2, 0.25) is 0 Å². The number of nitrogens with zero attached hydrogens (tertiary/aromatic N) is 2. The van der Waals surface area contributed by atoms with Gasteiger partial charge >= 0.3 is 0 Å². The number of benzene rings is 1. The maximum atomic E-state index is 6.16. The predicted octanol–water partition coefficient (Wildman–Crippen LogP) is 1.57. The molecule has 0 unspecified atom stereocenters.